The van der Waals surface area contributed by atoms with E-state index in [0.717, 1.165) is 17.8 Å². The van der Waals surface area contributed by atoms with Gasteiger partial charge in [0.05, 0.1) is 7.11 Å². The molecule has 1 amide bonds. The van der Waals surface area contributed by atoms with Crippen molar-refractivity contribution in [1.29, 1.82) is 0 Å². The first kappa shape index (κ1) is 10.9. The number of primary amides is 1. The van der Waals surface area contributed by atoms with Crippen LogP contribution in [0.3, 0.4) is 0 Å². The van der Waals surface area contributed by atoms with Crippen LogP contribution in [-0.2, 0) is 4.79 Å². The second kappa shape index (κ2) is 5.57. The van der Waals surface area contributed by atoms with E-state index in [1.165, 1.54) is 5.32 Å². The van der Waals surface area contributed by atoms with Crippen LogP contribution in [0.5, 0.6) is 5.75 Å². The van der Waals surface area contributed by atoms with Gasteiger partial charge in [0, 0.05) is 12.1 Å². The minimum atomic E-state index is 0. The minimum Gasteiger partial charge on any atom is -1.00 e. The molecular weight excluding hydrogens is 178 g/mol. The highest BCUT2D eigenvalue weighted by Crippen LogP contribution is 2.10. The van der Waals surface area contributed by atoms with Crippen molar-refractivity contribution in [3.63, 3.8) is 0 Å². The maximum absolute atomic E-state index is 10.0. The SMILES string of the molecule is COc1ccc([NH2+]C=O)cc1.[Cl-]. The van der Waals surface area contributed by atoms with Crippen LogP contribution in [0.25, 0.3) is 0 Å². The average molecular weight is 188 g/mol. The summed E-state index contributed by atoms with van der Waals surface area (Å²) in [6.07, 6.45) is 0.766. The molecule has 1 aromatic carbocycles. The number of methoxy groups -OCH3 is 1. The molecule has 0 unspecified atom stereocenters. The molecule has 66 valence electrons. The van der Waals surface area contributed by atoms with Crippen molar-refractivity contribution in [3.8, 4) is 5.75 Å². The minimum absolute atomic E-state index is 0. The molecule has 2 N–H and O–H groups in total. The summed E-state index contributed by atoms with van der Waals surface area (Å²) < 4.78 is 4.95. The van der Waals surface area contributed by atoms with E-state index in [0.29, 0.717) is 0 Å². The zero-order valence-electron chi connectivity index (χ0n) is 6.66. The van der Waals surface area contributed by atoms with Crippen LogP contribution in [0.2, 0.25) is 0 Å². The number of rotatable bonds is 3. The lowest BCUT2D eigenvalue weighted by molar-refractivity contribution is -0.466. The van der Waals surface area contributed by atoms with Gasteiger partial charge in [-0.25, -0.2) is 4.79 Å². The molecule has 3 nitrogen and oxygen atoms in total. The number of carbonyl (C=O) groups is 1. The Morgan fingerprint density at radius 1 is 1.33 bits per heavy atom. The number of amides is 1. The van der Waals surface area contributed by atoms with Gasteiger partial charge in [0.2, 0.25) is 0 Å². The molecule has 0 aliphatic carbocycles. The van der Waals surface area contributed by atoms with Gasteiger partial charge in [-0.15, -0.1) is 0 Å². The summed E-state index contributed by atoms with van der Waals surface area (Å²) in [4.78, 5) is 10.0. The third-order valence-corrected chi connectivity index (χ3v) is 1.38. The quantitative estimate of drug-likeness (QED) is 0.406. The lowest BCUT2D eigenvalue weighted by atomic mass is 10.3. The summed E-state index contributed by atoms with van der Waals surface area (Å²) >= 11 is 0. The Labute approximate surface area is 77.1 Å². The fourth-order valence-electron chi connectivity index (χ4n) is 0.794. The van der Waals surface area contributed by atoms with Crippen molar-refractivity contribution in [2.75, 3.05) is 7.11 Å². The summed E-state index contributed by atoms with van der Waals surface area (Å²) in [6.45, 7) is 0. The molecule has 0 aromatic heterocycles. The summed E-state index contributed by atoms with van der Waals surface area (Å²) in [5, 5.41) is 1.50. The van der Waals surface area contributed by atoms with Gasteiger partial charge in [-0.2, -0.15) is 0 Å². The van der Waals surface area contributed by atoms with E-state index >= 15 is 0 Å². The highest BCUT2D eigenvalue weighted by Gasteiger charge is 1.94. The van der Waals surface area contributed by atoms with Crippen LogP contribution in [-0.4, -0.2) is 13.5 Å². The zero-order valence-corrected chi connectivity index (χ0v) is 7.41. The van der Waals surface area contributed by atoms with E-state index in [2.05, 4.69) is 0 Å². The molecule has 12 heavy (non-hydrogen) atoms. The van der Waals surface area contributed by atoms with Crippen molar-refractivity contribution >= 4 is 12.1 Å². The average Bonchev–Trinajstić information content (AvgIpc) is 2.07. The van der Waals surface area contributed by atoms with Crippen LogP contribution >= 0.6 is 0 Å². The largest absolute Gasteiger partial charge is 1.00 e. The Morgan fingerprint density at radius 3 is 2.33 bits per heavy atom. The number of hydrogen-bond donors (Lipinski definition) is 1. The van der Waals surface area contributed by atoms with Crippen molar-refractivity contribution < 1.29 is 27.3 Å². The highest BCUT2D eigenvalue weighted by atomic mass is 35.5. The second-order valence-electron chi connectivity index (χ2n) is 2.08. The monoisotopic (exact) mass is 187 g/mol. The molecule has 0 saturated carbocycles. The number of nitrogens with two attached hydrogens (primary N) is 1. The molecule has 0 aliphatic heterocycles. The molecule has 0 radical (unpaired) electrons. The molecule has 0 atom stereocenters. The lowest BCUT2D eigenvalue weighted by Gasteiger charge is -1.97. The molecule has 0 spiro atoms. The van der Waals surface area contributed by atoms with E-state index < -0.39 is 0 Å². The number of carbonyl (C=O) groups excluding carboxylic acids is 1. The third-order valence-electron chi connectivity index (χ3n) is 1.38. The van der Waals surface area contributed by atoms with E-state index in [9.17, 15) is 4.79 Å². The Hall–Kier alpha value is -1.06. The fraction of sp³-hybridized carbons (Fsp3) is 0.125. The standard InChI is InChI=1S/C8H9NO2.ClH/c1-11-8-4-2-7(3-5-8)9-6-10;/h2-6H,1H3,(H,9,10);1H. The molecule has 0 aliphatic rings. The van der Waals surface area contributed by atoms with E-state index in [1.807, 2.05) is 24.3 Å². The predicted molar refractivity (Wildman–Crippen MR) is 40.6 cm³/mol. The van der Waals surface area contributed by atoms with Crippen molar-refractivity contribution in [2.24, 2.45) is 0 Å². The first-order chi connectivity index (χ1) is 5.36. The van der Waals surface area contributed by atoms with Crippen molar-refractivity contribution in [3.05, 3.63) is 24.3 Å². The van der Waals surface area contributed by atoms with Crippen molar-refractivity contribution in [2.45, 2.75) is 0 Å². The van der Waals surface area contributed by atoms with Gasteiger partial charge in [0.1, 0.15) is 11.4 Å². The van der Waals surface area contributed by atoms with Crippen LogP contribution in [0.4, 0.5) is 5.69 Å². The van der Waals surface area contributed by atoms with Gasteiger partial charge >= 0.3 is 6.41 Å². The third kappa shape index (κ3) is 2.90. The molecule has 0 heterocycles. The second-order valence-corrected chi connectivity index (χ2v) is 2.08. The number of halogens is 1. The number of ether oxygens (including phenoxy) is 1. The smallest absolute Gasteiger partial charge is 0.303 e. The molecule has 1 aromatic rings. The van der Waals surface area contributed by atoms with Gasteiger partial charge in [-0.05, 0) is 12.1 Å². The van der Waals surface area contributed by atoms with Crippen LogP contribution < -0.4 is 22.5 Å². The Kier molecular flexibility index (Phi) is 5.08. The first-order valence-corrected chi connectivity index (χ1v) is 3.29. The van der Waals surface area contributed by atoms with Crippen LogP contribution in [0.15, 0.2) is 24.3 Å². The van der Waals surface area contributed by atoms with E-state index in [-0.39, 0.29) is 12.4 Å². The number of hydrogen-bond acceptors (Lipinski definition) is 2. The fourth-order valence-corrected chi connectivity index (χ4v) is 0.794. The number of benzene rings is 1. The lowest BCUT2D eigenvalue weighted by Crippen LogP contribution is -3.00. The van der Waals surface area contributed by atoms with Gasteiger partial charge in [-0.1, -0.05) is 0 Å². The van der Waals surface area contributed by atoms with E-state index in [4.69, 9.17) is 4.74 Å². The zero-order chi connectivity index (χ0) is 8.10. The molecule has 4 heteroatoms. The first-order valence-electron chi connectivity index (χ1n) is 3.29. The maximum Gasteiger partial charge on any atom is 0.303 e. The summed E-state index contributed by atoms with van der Waals surface area (Å²) in [5.41, 5.74) is 0.890. The maximum atomic E-state index is 10.0. The molecule has 1 rings (SSSR count). The highest BCUT2D eigenvalue weighted by molar-refractivity contribution is 5.43. The Morgan fingerprint density at radius 2 is 1.92 bits per heavy atom. The summed E-state index contributed by atoms with van der Waals surface area (Å²) in [6, 6.07) is 7.28. The topological polar surface area (TPSA) is 42.9 Å². The molecule has 0 fully saturated rings. The van der Waals surface area contributed by atoms with Crippen molar-refractivity contribution in [1.82, 2.24) is 0 Å². The van der Waals surface area contributed by atoms with Gasteiger partial charge < -0.3 is 17.1 Å². The normalized spacial score (nSPS) is 8.42. The Balaban J connectivity index is 0.00000121. The van der Waals surface area contributed by atoms with Gasteiger partial charge in [-0.3, -0.25) is 5.32 Å². The molecule has 0 bridgehead atoms. The Bertz CT molecular complexity index is 235. The van der Waals surface area contributed by atoms with Gasteiger partial charge in [0.15, 0.2) is 0 Å². The predicted octanol–water partition coefficient (Wildman–Crippen LogP) is -2.95. The summed E-state index contributed by atoms with van der Waals surface area (Å²) in [5.74, 6) is 0.799. The molecular formula is C8H10ClNO2. The van der Waals surface area contributed by atoms with Crippen LogP contribution in [0, 0.1) is 0 Å². The van der Waals surface area contributed by atoms with E-state index in [1.54, 1.807) is 7.11 Å². The van der Waals surface area contributed by atoms with Gasteiger partial charge in [0.25, 0.3) is 0 Å². The summed E-state index contributed by atoms with van der Waals surface area (Å²) in [7, 11) is 1.61. The molecule has 0 saturated heterocycles. The van der Waals surface area contributed by atoms with Crippen LogP contribution in [0.1, 0.15) is 0 Å². The number of quaternary nitrogens is 1.